The molecule has 0 saturated carbocycles. The first-order valence-electron chi connectivity index (χ1n) is 18.3. The van der Waals surface area contributed by atoms with Crippen LogP contribution >= 0.6 is 0 Å². The van der Waals surface area contributed by atoms with Gasteiger partial charge in [0.25, 0.3) is 0 Å². The average molecular weight is 670 g/mol. The van der Waals surface area contributed by atoms with Crippen molar-refractivity contribution in [3.05, 3.63) is 83.2 Å². The molecule has 0 aliphatic carbocycles. The van der Waals surface area contributed by atoms with E-state index in [4.69, 9.17) is 24.4 Å². The third kappa shape index (κ3) is 14.3. The van der Waals surface area contributed by atoms with E-state index in [0.29, 0.717) is 35.4 Å². The van der Waals surface area contributed by atoms with Gasteiger partial charge < -0.3 is 19.7 Å². The first kappa shape index (κ1) is 39.6. The number of hydrogen-bond acceptors (Lipinski definition) is 7. The number of aryl methyl sites for hydroxylation is 2. The minimum atomic E-state index is -0.763. The van der Waals surface area contributed by atoms with Gasteiger partial charge in [-0.3, -0.25) is 0 Å². The number of aliphatic hydroxyl groups excluding tert-OH is 1. The minimum absolute atomic E-state index is 0.0195. The van der Waals surface area contributed by atoms with Gasteiger partial charge in [0.05, 0.1) is 12.2 Å². The lowest BCUT2D eigenvalue weighted by molar-refractivity contribution is 0.0109. The summed E-state index contributed by atoms with van der Waals surface area (Å²) >= 11 is 0. The van der Waals surface area contributed by atoms with Crippen molar-refractivity contribution in [2.24, 2.45) is 0 Å². The fourth-order valence-corrected chi connectivity index (χ4v) is 5.63. The smallest absolute Gasteiger partial charge is 0.167 e. The first-order valence-corrected chi connectivity index (χ1v) is 18.3. The van der Waals surface area contributed by atoms with Crippen molar-refractivity contribution in [1.82, 2.24) is 15.0 Å². The maximum Gasteiger partial charge on any atom is 0.167 e. The van der Waals surface area contributed by atoms with E-state index < -0.39 is 6.10 Å². The number of rotatable bonds is 22. The monoisotopic (exact) mass is 669 g/mol. The average Bonchev–Trinajstić information content (AvgIpc) is 3.08. The Labute approximate surface area is 295 Å². The van der Waals surface area contributed by atoms with Crippen molar-refractivity contribution in [2.45, 2.75) is 118 Å². The van der Waals surface area contributed by atoms with Crippen molar-refractivity contribution in [3.63, 3.8) is 0 Å². The van der Waals surface area contributed by atoms with Crippen LogP contribution in [-0.2, 0) is 4.74 Å². The van der Waals surface area contributed by atoms with E-state index in [1.165, 1.54) is 63.9 Å². The van der Waals surface area contributed by atoms with Crippen LogP contribution in [0.2, 0.25) is 0 Å². The summed E-state index contributed by atoms with van der Waals surface area (Å²) in [6.45, 7) is 13.3. The van der Waals surface area contributed by atoms with Gasteiger partial charge in [-0.15, -0.1) is 0 Å². The van der Waals surface area contributed by atoms with E-state index in [2.05, 4.69) is 19.9 Å². The Morgan fingerprint density at radius 2 is 1.41 bits per heavy atom. The standard InChI is InChI=1S/C42H59N3O4/c1-7-9-10-11-12-13-14-15-16-17-18-26-48-29-35(46)30-49-36-23-25-38(39(47)28-36)42-44-40(33(5)22-20-31(3)19-8-2)43-41(45-42)37-24-21-32(4)27-34(37)6/h8,19-25,27-28,35,46-47H,7,9-18,26,29-30H2,1-6H3/b19-8+,31-20-,33-22+. The molecule has 2 N–H and O–H groups in total. The Kier molecular flexibility index (Phi) is 17.8. The molecule has 0 saturated heterocycles. The SMILES string of the molecule is C/C=C/C(C)=C\C=C(/C)c1nc(-c2ccc(C)cc2C)nc(-c2ccc(OCC(O)COCCCCCCCCCCCCC)cc2O)n1. The molecule has 0 fully saturated rings. The molecule has 49 heavy (non-hydrogen) atoms. The Hall–Kier alpha value is -3.81. The predicted octanol–water partition coefficient (Wildman–Crippen LogP) is 10.5. The molecule has 0 radical (unpaired) electrons. The molecule has 266 valence electrons. The molecule has 1 unspecified atom stereocenters. The molecule has 0 spiro atoms. The van der Waals surface area contributed by atoms with Crippen molar-refractivity contribution in [1.29, 1.82) is 0 Å². The fourth-order valence-electron chi connectivity index (χ4n) is 5.63. The maximum absolute atomic E-state index is 11.1. The molecular weight excluding hydrogens is 610 g/mol. The summed E-state index contributed by atoms with van der Waals surface area (Å²) in [5.41, 5.74) is 5.57. The molecule has 1 atom stereocenters. The molecule has 3 aromatic rings. The number of aromatic nitrogens is 3. The van der Waals surface area contributed by atoms with Gasteiger partial charge in [0, 0.05) is 18.2 Å². The third-order valence-electron chi connectivity index (χ3n) is 8.49. The molecule has 7 heteroatoms. The zero-order valence-electron chi connectivity index (χ0n) is 30.8. The second-order valence-electron chi connectivity index (χ2n) is 13.1. The van der Waals surface area contributed by atoms with Crippen LogP contribution in [0.25, 0.3) is 28.3 Å². The van der Waals surface area contributed by atoms with E-state index >= 15 is 0 Å². The van der Waals surface area contributed by atoms with E-state index in [0.717, 1.165) is 40.7 Å². The van der Waals surface area contributed by atoms with E-state index in [9.17, 15) is 10.2 Å². The van der Waals surface area contributed by atoms with Gasteiger partial charge in [-0.1, -0.05) is 125 Å². The number of benzene rings is 2. The number of ether oxygens (including phenoxy) is 2. The number of phenols is 1. The van der Waals surface area contributed by atoms with Crippen molar-refractivity contribution < 1.29 is 19.7 Å². The molecular formula is C42H59N3O4. The summed E-state index contributed by atoms with van der Waals surface area (Å²) in [7, 11) is 0. The summed E-state index contributed by atoms with van der Waals surface area (Å²) in [5, 5.41) is 21.5. The van der Waals surface area contributed by atoms with E-state index in [1.807, 2.05) is 64.1 Å². The highest BCUT2D eigenvalue weighted by Gasteiger charge is 2.16. The summed E-state index contributed by atoms with van der Waals surface area (Å²) in [6.07, 6.45) is 21.5. The summed E-state index contributed by atoms with van der Waals surface area (Å²) in [4.78, 5) is 14.4. The topological polar surface area (TPSA) is 97.6 Å². The highest BCUT2D eigenvalue weighted by molar-refractivity contribution is 5.71. The predicted molar refractivity (Wildman–Crippen MR) is 203 cm³/mol. The molecule has 3 rings (SSSR count). The van der Waals surface area contributed by atoms with Crippen LogP contribution in [0.3, 0.4) is 0 Å². The number of nitrogens with zero attached hydrogens (tertiary/aromatic N) is 3. The Bertz CT molecular complexity index is 1530. The molecule has 0 aliphatic heterocycles. The number of hydrogen-bond donors (Lipinski definition) is 2. The molecule has 0 aliphatic rings. The maximum atomic E-state index is 11.1. The van der Waals surface area contributed by atoms with Crippen LogP contribution in [0.15, 0.2) is 66.3 Å². The van der Waals surface area contributed by atoms with Crippen molar-refractivity contribution >= 4 is 5.57 Å². The second-order valence-corrected chi connectivity index (χ2v) is 13.1. The summed E-state index contributed by atoms with van der Waals surface area (Å²) in [5.74, 6) is 1.85. The lowest BCUT2D eigenvalue weighted by Gasteiger charge is -2.14. The van der Waals surface area contributed by atoms with Gasteiger partial charge in [-0.2, -0.15) is 0 Å². The van der Waals surface area contributed by atoms with E-state index in [-0.39, 0.29) is 19.0 Å². The normalized spacial score (nSPS) is 13.0. The lowest BCUT2D eigenvalue weighted by atomic mass is 10.0. The number of phenolic OH excluding ortho intramolecular Hbond substituents is 1. The lowest BCUT2D eigenvalue weighted by Crippen LogP contribution is -2.23. The minimum Gasteiger partial charge on any atom is -0.507 e. The largest absolute Gasteiger partial charge is 0.507 e. The van der Waals surface area contributed by atoms with Crippen LogP contribution in [0.4, 0.5) is 0 Å². The van der Waals surface area contributed by atoms with Gasteiger partial charge in [0.1, 0.15) is 24.2 Å². The van der Waals surface area contributed by atoms with Crippen LogP contribution in [-0.4, -0.2) is 51.1 Å². The molecule has 0 amide bonds. The summed E-state index contributed by atoms with van der Waals surface area (Å²) in [6, 6.07) is 11.2. The highest BCUT2D eigenvalue weighted by Crippen LogP contribution is 2.33. The van der Waals surface area contributed by atoms with Crippen LogP contribution in [0.5, 0.6) is 11.5 Å². The Morgan fingerprint density at radius 1 is 0.776 bits per heavy atom. The Balaban J connectivity index is 1.57. The molecule has 1 aromatic heterocycles. The summed E-state index contributed by atoms with van der Waals surface area (Å²) < 4.78 is 11.5. The zero-order valence-corrected chi connectivity index (χ0v) is 30.8. The highest BCUT2D eigenvalue weighted by atomic mass is 16.5. The molecule has 0 bridgehead atoms. The number of aromatic hydroxyl groups is 1. The van der Waals surface area contributed by atoms with Gasteiger partial charge >= 0.3 is 0 Å². The first-order chi connectivity index (χ1) is 23.7. The molecule has 2 aromatic carbocycles. The zero-order chi connectivity index (χ0) is 35.4. The van der Waals surface area contributed by atoms with Crippen molar-refractivity contribution in [2.75, 3.05) is 19.8 Å². The number of unbranched alkanes of at least 4 members (excludes halogenated alkanes) is 10. The fraction of sp³-hybridized carbons (Fsp3) is 0.500. The number of aliphatic hydroxyl groups is 1. The quantitative estimate of drug-likeness (QED) is 0.0811. The van der Waals surface area contributed by atoms with Gasteiger partial charge in [0.2, 0.25) is 0 Å². The molecule has 7 nitrogen and oxygen atoms in total. The van der Waals surface area contributed by atoms with E-state index in [1.54, 1.807) is 12.1 Å². The Morgan fingerprint density at radius 3 is 2.04 bits per heavy atom. The van der Waals surface area contributed by atoms with Crippen LogP contribution in [0, 0.1) is 13.8 Å². The van der Waals surface area contributed by atoms with Gasteiger partial charge in [-0.05, 0) is 64.3 Å². The second kappa shape index (κ2) is 22.0. The van der Waals surface area contributed by atoms with Gasteiger partial charge in [0.15, 0.2) is 17.5 Å². The van der Waals surface area contributed by atoms with Crippen LogP contribution < -0.4 is 4.74 Å². The van der Waals surface area contributed by atoms with Gasteiger partial charge in [-0.25, -0.2) is 15.0 Å². The van der Waals surface area contributed by atoms with Crippen molar-refractivity contribution in [3.8, 4) is 34.3 Å². The number of allylic oxidation sites excluding steroid dienone is 6. The molecule has 1 heterocycles. The van der Waals surface area contributed by atoms with Crippen LogP contribution in [0.1, 0.15) is 115 Å². The third-order valence-corrected chi connectivity index (χ3v) is 8.49.